The molecule has 0 aliphatic carbocycles. The lowest BCUT2D eigenvalue weighted by Gasteiger charge is -2.25. The highest BCUT2D eigenvalue weighted by molar-refractivity contribution is 6.31. The minimum atomic E-state index is 0.292. The molecular formula is C11H20ClN3. The number of hydrogen-bond donors (Lipinski definition) is 1. The highest BCUT2D eigenvalue weighted by Gasteiger charge is 2.23. The number of halogens is 1. The van der Waals surface area contributed by atoms with Gasteiger partial charge >= 0.3 is 0 Å². The van der Waals surface area contributed by atoms with Gasteiger partial charge in [-0.05, 0) is 13.0 Å². The van der Waals surface area contributed by atoms with Gasteiger partial charge in [0.05, 0.1) is 23.0 Å². The van der Waals surface area contributed by atoms with Gasteiger partial charge in [-0.1, -0.05) is 38.3 Å². The Balaban J connectivity index is 3.01. The van der Waals surface area contributed by atoms with Crippen LogP contribution in [0.15, 0.2) is 6.20 Å². The zero-order valence-electron chi connectivity index (χ0n) is 9.92. The zero-order valence-corrected chi connectivity index (χ0v) is 10.7. The molecule has 15 heavy (non-hydrogen) atoms. The van der Waals surface area contributed by atoms with Gasteiger partial charge in [0, 0.05) is 7.05 Å². The van der Waals surface area contributed by atoms with E-state index in [1.807, 2.05) is 18.8 Å². The van der Waals surface area contributed by atoms with Crippen molar-refractivity contribution < 1.29 is 0 Å². The topological polar surface area (TPSA) is 29.9 Å². The number of aryl methyl sites for hydroxylation is 1. The molecule has 0 aromatic carbocycles. The van der Waals surface area contributed by atoms with E-state index < -0.39 is 0 Å². The highest BCUT2D eigenvalue weighted by atomic mass is 35.5. The van der Waals surface area contributed by atoms with E-state index in [1.54, 1.807) is 6.20 Å². The Morgan fingerprint density at radius 1 is 1.47 bits per heavy atom. The van der Waals surface area contributed by atoms with Gasteiger partial charge < -0.3 is 5.32 Å². The first-order chi connectivity index (χ1) is 7.15. The standard InChI is InChI=1S/C11H20ClN3/c1-5-8(6-2)10(13-3)11-9(12)7-14-15(11)4/h7-8,10,13H,5-6H2,1-4H3. The van der Waals surface area contributed by atoms with Crippen molar-refractivity contribution in [1.29, 1.82) is 0 Å². The molecule has 1 unspecified atom stereocenters. The molecule has 1 aromatic heterocycles. The van der Waals surface area contributed by atoms with E-state index in [-0.39, 0.29) is 0 Å². The SMILES string of the molecule is CCC(CC)C(NC)c1c(Cl)cnn1C. The molecule has 0 saturated carbocycles. The van der Waals surface area contributed by atoms with Crippen molar-refractivity contribution in [1.82, 2.24) is 15.1 Å². The summed E-state index contributed by atoms with van der Waals surface area (Å²) in [5.74, 6) is 0.600. The zero-order chi connectivity index (χ0) is 11.4. The fourth-order valence-corrected chi connectivity index (χ4v) is 2.41. The molecular weight excluding hydrogens is 210 g/mol. The molecule has 3 nitrogen and oxygen atoms in total. The Morgan fingerprint density at radius 3 is 2.40 bits per heavy atom. The predicted octanol–water partition coefficient (Wildman–Crippen LogP) is 2.77. The van der Waals surface area contributed by atoms with Crippen LogP contribution >= 0.6 is 11.6 Å². The van der Waals surface area contributed by atoms with Crippen molar-refractivity contribution in [3.8, 4) is 0 Å². The minimum absolute atomic E-state index is 0.292. The number of nitrogens with one attached hydrogen (secondary N) is 1. The quantitative estimate of drug-likeness (QED) is 0.842. The third-order valence-corrected chi connectivity index (χ3v) is 3.35. The molecule has 1 atom stereocenters. The fourth-order valence-electron chi connectivity index (χ4n) is 2.13. The Morgan fingerprint density at radius 2 is 2.07 bits per heavy atom. The fraction of sp³-hybridized carbons (Fsp3) is 0.727. The van der Waals surface area contributed by atoms with Gasteiger partial charge in [-0.3, -0.25) is 4.68 Å². The van der Waals surface area contributed by atoms with Gasteiger partial charge in [-0.2, -0.15) is 5.10 Å². The molecule has 0 saturated heterocycles. The normalized spacial score (nSPS) is 13.5. The van der Waals surface area contributed by atoms with E-state index in [1.165, 1.54) is 0 Å². The van der Waals surface area contributed by atoms with Crippen molar-refractivity contribution in [3.05, 3.63) is 16.9 Å². The Hall–Kier alpha value is -0.540. The van der Waals surface area contributed by atoms with Crippen LogP contribution in [-0.4, -0.2) is 16.8 Å². The Bertz CT molecular complexity index is 285. The molecule has 1 N–H and O–H groups in total. The van der Waals surface area contributed by atoms with Gasteiger partial charge in [0.25, 0.3) is 0 Å². The second kappa shape index (κ2) is 5.52. The van der Waals surface area contributed by atoms with Crippen LogP contribution in [0.2, 0.25) is 5.02 Å². The van der Waals surface area contributed by atoms with Crippen LogP contribution in [0.25, 0.3) is 0 Å². The van der Waals surface area contributed by atoms with Crippen molar-refractivity contribution >= 4 is 11.6 Å². The first-order valence-electron chi connectivity index (χ1n) is 5.50. The maximum Gasteiger partial charge on any atom is 0.0834 e. The number of aromatic nitrogens is 2. The summed E-state index contributed by atoms with van der Waals surface area (Å²) in [5.41, 5.74) is 1.09. The van der Waals surface area contributed by atoms with Crippen LogP contribution in [0.5, 0.6) is 0 Å². The molecule has 4 heteroatoms. The Kier molecular flexibility index (Phi) is 4.61. The third kappa shape index (κ3) is 2.52. The summed E-state index contributed by atoms with van der Waals surface area (Å²) in [6, 6.07) is 0.292. The van der Waals surface area contributed by atoms with Crippen LogP contribution in [0.1, 0.15) is 38.4 Å². The van der Waals surface area contributed by atoms with Gasteiger partial charge in [-0.15, -0.1) is 0 Å². The van der Waals surface area contributed by atoms with Crippen molar-refractivity contribution in [2.45, 2.75) is 32.7 Å². The third-order valence-electron chi connectivity index (χ3n) is 3.06. The van der Waals surface area contributed by atoms with E-state index in [0.717, 1.165) is 23.6 Å². The van der Waals surface area contributed by atoms with E-state index >= 15 is 0 Å². The number of rotatable bonds is 5. The molecule has 0 spiro atoms. The maximum atomic E-state index is 6.15. The second-order valence-corrected chi connectivity index (χ2v) is 4.25. The molecule has 0 bridgehead atoms. The van der Waals surface area contributed by atoms with Crippen molar-refractivity contribution in [3.63, 3.8) is 0 Å². The lowest BCUT2D eigenvalue weighted by Crippen LogP contribution is -2.27. The summed E-state index contributed by atoms with van der Waals surface area (Å²) in [6.07, 6.45) is 4.00. The summed E-state index contributed by atoms with van der Waals surface area (Å²) in [6.45, 7) is 4.42. The molecule has 1 heterocycles. The molecule has 86 valence electrons. The second-order valence-electron chi connectivity index (χ2n) is 3.84. The summed E-state index contributed by atoms with van der Waals surface area (Å²) >= 11 is 6.15. The largest absolute Gasteiger partial charge is 0.311 e. The lowest BCUT2D eigenvalue weighted by atomic mass is 9.92. The van der Waals surface area contributed by atoms with Crippen molar-refractivity contribution in [2.24, 2.45) is 13.0 Å². The summed E-state index contributed by atoms with van der Waals surface area (Å²) in [4.78, 5) is 0. The van der Waals surface area contributed by atoms with Crippen LogP contribution in [0, 0.1) is 5.92 Å². The summed E-state index contributed by atoms with van der Waals surface area (Å²) in [7, 11) is 3.92. The first-order valence-corrected chi connectivity index (χ1v) is 5.88. The summed E-state index contributed by atoms with van der Waals surface area (Å²) < 4.78 is 1.86. The molecule has 1 rings (SSSR count). The molecule has 0 aliphatic rings. The first kappa shape index (κ1) is 12.5. The lowest BCUT2D eigenvalue weighted by molar-refractivity contribution is 0.344. The molecule has 0 amide bonds. The average molecular weight is 230 g/mol. The molecule has 0 fully saturated rings. The number of hydrogen-bond acceptors (Lipinski definition) is 2. The van der Waals surface area contributed by atoms with E-state index in [2.05, 4.69) is 24.3 Å². The van der Waals surface area contributed by atoms with E-state index in [0.29, 0.717) is 12.0 Å². The van der Waals surface area contributed by atoms with Crippen molar-refractivity contribution in [2.75, 3.05) is 7.05 Å². The van der Waals surface area contributed by atoms with E-state index in [4.69, 9.17) is 11.6 Å². The number of nitrogens with zero attached hydrogens (tertiary/aromatic N) is 2. The van der Waals surface area contributed by atoms with Gasteiger partial charge in [-0.25, -0.2) is 0 Å². The molecule has 0 radical (unpaired) electrons. The van der Waals surface area contributed by atoms with Crippen LogP contribution in [0.3, 0.4) is 0 Å². The van der Waals surface area contributed by atoms with Gasteiger partial charge in [0.1, 0.15) is 0 Å². The Labute approximate surface area is 96.8 Å². The average Bonchev–Trinajstić information content (AvgIpc) is 2.56. The van der Waals surface area contributed by atoms with Crippen LogP contribution in [-0.2, 0) is 7.05 Å². The van der Waals surface area contributed by atoms with Crippen LogP contribution < -0.4 is 5.32 Å². The smallest absolute Gasteiger partial charge is 0.0834 e. The predicted molar refractivity (Wildman–Crippen MR) is 64.1 cm³/mol. The summed E-state index contributed by atoms with van der Waals surface area (Å²) in [5, 5.41) is 8.28. The minimum Gasteiger partial charge on any atom is -0.311 e. The monoisotopic (exact) mass is 229 g/mol. The highest BCUT2D eigenvalue weighted by Crippen LogP contribution is 2.31. The maximum absolute atomic E-state index is 6.15. The van der Waals surface area contributed by atoms with Crippen LogP contribution in [0.4, 0.5) is 0 Å². The van der Waals surface area contributed by atoms with Gasteiger partial charge in [0.2, 0.25) is 0 Å². The van der Waals surface area contributed by atoms with E-state index in [9.17, 15) is 0 Å². The molecule has 1 aromatic rings. The molecule has 0 aliphatic heterocycles. The van der Waals surface area contributed by atoms with Gasteiger partial charge in [0.15, 0.2) is 0 Å².